The van der Waals surface area contributed by atoms with Gasteiger partial charge in [0.2, 0.25) is 0 Å². The monoisotopic (exact) mass is 260 g/mol. The van der Waals surface area contributed by atoms with E-state index in [0.29, 0.717) is 24.7 Å². The summed E-state index contributed by atoms with van der Waals surface area (Å²) in [4.78, 5) is 11.0. The van der Waals surface area contributed by atoms with Crippen molar-refractivity contribution in [2.45, 2.75) is 13.8 Å². The number of benzene rings is 2. The molecule has 0 aliphatic heterocycles. The summed E-state index contributed by atoms with van der Waals surface area (Å²) >= 11 is 0. The molecule has 4 nitrogen and oxygen atoms in total. The van der Waals surface area contributed by atoms with Crippen molar-refractivity contribution in [3.8, 4) is 11.5 Å². The Labute approximate surface area is 111 Å². The predicted octanol–water partition coefficient (Wildman–Crippen LogP) is 3.34. The van der Waals surface area contributed by atoms with Crippen LogP contribution in [0, 0.1) is 0 Å². The Morgan fingerprint density at radius 3 is 2.11 bits per heavy atom. The lowest BCUT2D eigenvalue weighted by Crippen LogP contribution is -1.99. The molecule has 0 amide bonds. The van der Waals surface area contributed by atoms with E-state index >= 15 is 0 Å². The summed E-state index contributed by atoms with van der Waals surface area (Å²) < 4.78 is 11.1. The number of hydrogen-bond acceptors (Lipinski definition) is 3. The topological polar surface area (TPSA) is 55.8 Å². The molecule has 0 spiro atoms. The van der Waals surface area contributed by atoms with E-state index in [2.05, 4.69) is 0 Å². The number of carbonyl (C=O) groups is 1. The molecule has 0 aliphatic carbocycles. The van der Waals surface area contributed by atoms with Gasteiger partial charge < -0.3 is 14.6 Å². The fourth-order valence-corrected chi connectivity index (χ4v) is 1.93. The molecule has 0 radical (unpaired) electrons. The average molecular weight is 260 g/mol. The van der Waals surface area contributed by atoms with E-state index in [-0.39, 0.29) is 5.56 Å². The van der Waals surface area contributed by atoms with Crippen LogP contribution in [0.4, 0.5) is 0 Å². The summed E-state index contributed by atoms with van der Waals surface area (Å²) in [6.07, 6.45) is 0. The molecule has 0 atom stereocenters. The molecule has 1 N–H and O–H groups in total. The van der Waals surface area contributed by atoms with Crippen LogP contribution < -0.4 is 9.47 Å². The first-order valence-electron chi connectivity index (χ1n) is 6.22. The molecule has 0 unspecified atom stereocenters. The van der Waals surface area contributed by atoms with Crippen LogP contribution in [0.15, 0.2) is 30.3 Å². The van der Waals surface area contributed by atoms with Crippen molar-refractivity contribution in [1.82, 2.24) is 0 Å². The summed E-state index contributed by atoms with van der Waals surface area (Å²) in [5.74, 6) is 0.382. The zero-order chi connectivity index (χ0) is 13.8. The van der Waals surface area contributed by atoms with Crippen molar-refractivity contribution in [1.29, 1.82) is 0 Å². The zero-order valence-corrected chi connectivity index (χ0v) is 11.0. The van der Waals surface area contributed by atoms with Crippen LogP contribution in [-0.2, 0) is 0 Å². The molecule has 100 valence electrons. The largest absolute Gasteiger partial charge is 0.490 e. The molecule has 0 bridgehead atoms. The van der Waals surface area contributed by atoms with Crippen molar-refractivity contribution < 1.29 is 19.4 Å². The van der Waals surface area contributed by atoms with E-state index in [1.165, 1.54) is 0 Å². The van der Waals surface area contributed by atoms with Crippen LogP contribution in [-0.4, -0.2) is 24.3 Å². The summed E-state index contributed by atoms with van der Waals surface area (Å²) in [7, 11) is 0. The molecule has 4 heteroatoms. The highest BCUT2D eigenvalue weighted by molar-refractivity contribution is 5.95. The van der Waals surface area contributed by atoms with Crippen molar-refractivity contribution >= 4 is 16.7 Å². The van der Waals surface area contributed by atoms with Gasteiger partial charge in [0, 0.05) is 0 Å². The molecular formula is C15H16O4. The molecular weight excluding hydrogens is 244 g/mol. The molecule has 0 fully saturated rings. The van der Waals surface area contributed by atoms with Crippen LogP contribution in [0.3, 0.4) is 0 Å². The maximum atomic E-state index is 11.0. The summed E-state index contributed by atoms with van der Waals surface area (Å²) in [5.41, 5.74) is 0.263. The third-order valence-corrected chi connectivity index (χ3v) is 2.75. The van der Waals surface area contributed by atoms with Crippen LogP contribution in [0.5, 0.6) is 11.5 Å². The van der Waals surface area contributed by atoms with E-state index in [1.807, 2.05) is 26.0 Å². The second-order valence-corrected chi connectivity index (χ2v) is 4.03. The predicted molar refractivity (Wildman–Crippen MR) is 73.2 cm³/mol. The van der Waals surface area contributed by atoms with Gasteiger partial charge >= 0.3 is 5.97 Å². The number of hydrogen-bond donors (Lipinski definition) is 1. The lowest BCUT2D eigenvalue weighted by atomic mass is 10.1. The van der Waals surface area contributed by atoms with E-state index < -0.39 is 5.97 Å². The summed E-state index contributed by atoms with van der Waals surface area (Å²) in [5, 5.41) is 10.8. The quantitative estimate of drug-likeness (QED) is 0.895. The minimum atomic E-state index is -0.936. The first kappa shape index (κ1) is 13.2. The van der Waals surface area contributed by atoms with E-state index in [4.69, 9.17) is 14.6 Å². The number of fused-ring (bicyclic) bond motifs is 1. The van der Waals surface area contributed by atoms with Gasteiger partial charge in [-0.25, -0.2) is 4.79 Å². The van der Waals surface area contributed by atoms with Gasteiger partial charge in [0.1, 0.15) is 0 Å². The molecule has 0 aromatic heterocycles. The maximum absolute atomic E-state index is 11.0. The highest BCUT2D eigenvalue weighted by Crippen LogP contribution is 2.33. The molecule has 2 aromatic carbocycles. The second kappa shape index (κ2) is 5.61. The number of carboxylic acid groups (broad SMARTS) is 1. The first-order valence-corrected chi connectivity index (χ1v) is 6.22. The normalized spacial score (nSPS) is 10.4. The minimum Gasteiger partial charge on any atom is -0.490 e. The van der Waals surface area contributed by atoms with E-state index in [9.17, 15) is 4.79 Å². The van der Waals surface area contributed by atoms with Crippen molar-refractivity contribution in [2.24, 2.45) is 0 Å². The average Bonchev–Trinajstić information content (AvgIpc) is 2.39. The number of rotatable bonds is 5. The van der Waals surface area contributed by atoms with Crippen LogP contribution in [0.25, 0.3) is 10.8 Å². The van der Waals surface area contributed by atoms with Gasteiger partial charge in [-0.15, -0.1) is 0 Å². The van der Waals surface area contributed by atoms with E-state index in [0.717, 1.165) is 10.8 Å². The Bertz CT molecular complexity index is 604. The van der Waals surface area contributed by atoms with Gasteiger partial charge in [0.15, 0.2) is 11.5 Å². The highest BCUT2D eigenvalue weighted by Gasteiger charge is 2.09. The lowest BCUT2D eigenvalue weighted by Gasteiger charge is -2.12. The minimum absolute atomic E-state index is 0.263. The van der Waals surface area contributed by atoms with Crippen LogP contribution in [0.1, 0.15) is 24.2 Å². The maximum Gasteiger partial charge on any atom is 0.335 e. The Morgan fingerprint density at radius 2 is 1.58 bits per heavy atom. The smallest absolute Gasteiger partial charge is 0.335 e. The fraction of sp³-hybridized carbons (Fsp3) is 0.267. The van der Waals surface area contributed by atoms with Gasteiger partial charge in [-0.1, -0.05) is 6.07 Å². The summed E-state index contributed by atoms with van der Waals surface area (Å²) in [6, 6.07) is 8.68. The molecule has 0 saturated heterocycles. The van der Waals surface area contributed by atoms with E-state index in [1.54, 1.807) is 18.2 Å². The first-order chi connectivity index (χ1) is 9.15. The molecule has 2 aromatic rings. The Kier molecular flexibility index (Phi) is 3.90. The van der Waals surface area contributed by atoms with Crippen molar-refractivity contribution in [3.05, 3.63) is 35.9 Å². The Morgan fingerprint density at radius 1 is 1.00 bits per heavy atom. The molecule has 19 heavy (non-hydrogen) atoms. The molecule has 0 saturated carbocycles. The summed E-state index contributed by atoms with van der Waals surface area (Å²) in [6.45, 7) is 4.89. The van der Waals surface area contributed by atoms with Gasteiger partial charge in [0.05, 0.1) is 18.8 Å². The fourth-order valence-electron chi connectivity index (χ4n) is 1.93. The molecule has 0 aliphatic rings. The zero-order valence-electron chi connectivity index (χ0n) is 11.0. The number of carboxylic acids is 1. The molecule has 0 heterocycles. The van der Waals surface area contributed by atoms with Gasteiger partial charge in [-0.3, -0.25) is 0 Å². The SMILES string of the molecule is CCOc1cc2ccc(C(=O)O)cc2cc1OCC. The second-order valence-electron chi connectivity index (χ2n) is 4.03. The standard InChI is InChI=1S/C15H16O4/c1-3-18-13-8-10-5-6-11(15(16)17)7-12(10)9-14(13)19-4-2/h5-9H,3-4H2,1-2H3,(H,16,17). The van der Waals surface area contributed by atoms with Crippen molar-refractivity contribution in [3.63, 3.8) is 0 Å². The molecule has 2 rings (SSSR count). The van der Waals surface area contributed by atoms with Gasteiger partial charge in [-0.05, 0) is 48.9 Å². The Balaban J connectivity index is 2.56. The van der Waals surface area contributed by atoms with Crippen LogP contribution >= 0.6 is 0 Å². The van der Waals surface area contributed by atoms with Gasteiger partial charge in [0.25, 0.3) is 0 Å². The highest BCUT2D eigenvalue weighted by atomic mass is 16.5. The lowest BCUT2D eigenvalue weighted by molar-refractivity contribution is 0.0697. The third kappa shape index (κ3) is 2.78. The Hall–Kier alpha value is -2.23. The van der Waals surface area contributed by atoms with Crippen molar-refractivity contribution in [2.75, 3.05) is 13.2 Å². The van der Waals surface area contributed by atoms with Gasteiger partial charge in [-0.2, -0.15) is 0 Å². The third-order valence-electron chi connectivity index (χ3n) is 2.75. The number of aromatic carboxylic acids is 1. The number of ether oxygens (including phenoxy) is 2. The van der Waals surface area contributed by atoms with Crippen LogP contribution in [0.2, 0.25) is 0 Å².